The molecule has 3 heteroatoms. The smallest absolute Gasteiger partial charge is 0.129 e. The summed E-state index contributed by atoms with van der Waals surface area (Å²) >= 11 is 1.56. The maximum Gasteiger partial charge on any atom is 0.129 e. The van der Waals surface area contributed by atoms with Crippen LogP contribution < -0.4 is 5.73 Å². The van der Waals surface area contributed by atoms with E-state index < -0.39 is 0 Å². The predicted octanol–water partition coefficient (Wildman–Crippen LogP) is 4.31. The Morgan fingerprint density at radius 1 is 1.06 bits per heavy atom. The van der Waals surface area contributed by atoms with E-state index in [1.807, 2.05) is 37.3 Å². The van der Waals surface area contributed by atoms with Crippen molar-refractivity contribution in [3.05, 3.63) is 59.4 Å². The molecule has 0 amide bonds. The number of hydrogen-bond donors (Lipinski definition) is 1. The van der Waals surface area contributed by atoms with Crippen LogP contribution in [0.2, 0.25) is 0 Å². The lowest BCUT2D eigenvalue weighted by Crippen LogP contribution is -2.08. The molecule has 2 aromatic rings. The topological polar surface area (TPSA) is 26.0 Å². The van der Waals surface area contributed by atoms with Gasteiger partial charge in [-0.15, -0.1) is 0 Å². The monoisotopic (exact) mass is 261 g/mol. The lowest BCUT2D eigenvalue weighted by Gasteiger charge is -2.14. The Morgan fingerprint density at radius 2 is 1.72 bits per heavy atom. The summed E-state index contributed by atoms with van der Waals surface area (Å²) in [5, 5.41) is 0. The summed E-state index contributed by atoms with van der Waals surface area (Å²) in [6.45, 7) is 3.85. The molecule has 0 heterocycles. The quantitative estimate of drug-likeness (QED) is 0.891. The van der Waals surface area contributed by atoms with Crippen LogP contribution in [0.1, 0.15) is 24.1 Å². The van der Waals surface area contributed by atoms with Gasteiger partial charge in [-0.2, -0.15) is 0 Å². The standard InChI is InChI=1S/C15H16FNS/c1-10-6-3-4-8-13(10)18-14-9-5-7-12(16)15(14)11(2)17/h3-9,11H,17H2,1-2H3/t11-/m0/s1. The molecule has 0 aliphatic rings. The molecule has 0 unspecified atom stereocenters. The van der Waals surface area contributed by atoms with Crippen LogP contribution in [0, 0.1) is 12.7 Å². The number of hydrogen-bond acceptors (Lipinski definition) is 2. The molecular formula is C15H16FNS. The summed E-state index contributed by atoms with van der Waals surface area (Å²) in [5.41, 5.74) is 7.63. The zero-order valence-electron chi connectivity index (χ0n) is 10.5. The number of halogens is 1. The Labute approximate surface area is 111 Å². The fourth-order valence-electron chi connectivity index (χ4n) is 1.84. The highest BCUT2D eigenvalue weighted by atomic mass is 32.2. The van der Waals surface area contributed by atoms with Gasteiger partial charge >= 0.3 is 0 Å². The van der Waals surface area contributed by atoms with E-state index in [2.05, 4.69) is 0 Å². The van der Waals surface area contributed by atoms with Gasteiger partial charge in [-0.25, -0.2) is 4.39 Å². The van der Waals surface area contributed by atoms with Crippen LogP contribution in [0.15, 0.2) is 52.3 Å². The van der Waals surface area contributed by atoms with Crippen LogP contribution in [0.5, 0.6) is 0 Å². The predicted molar refractivity (Wildman–Crippen MR) is 74.3 cm³/mol. The molecule has 2 rings (SSSR count). The van der Waals surface area contributed by atoms with Crippen molar-refractivity contribution in [3.63, 3.8) is 0 Å². The molecule has 2 N–H and O–H groups in total. The molecule has 0 spiro atoms. The summed E-state index contributed by atoms with van der Waals surface area (Å²) in [5.74, 6) is -0.233. The van der Waals surface area contributed by atoms with Crippen LogP contribution in [-0.2, 0) is 0 Å². The van der Waals surface area contributed by atoms with Crippen molar-refractivity contribution in [1.82, 2.24) is 0 Å². The van der Waals surface area contributed by atoms with Crippen LogP contribution >= 0.6 is 11.8 Å². The third kappa shape index (κ3) is 2.74. The Bertz CT molecular complexity index is 552. The molecule has 1 atom stereocenters. The van der Waals surface area contributed by atoms with Gasteiger partial charge < -0.3 is 5.73 Å². The SMILES string of the molecule is Cc1ccccc1Sc1cccc(F)c1[C@H](C)N. The van der Waals surface area contributed by atoms with E-state index in [0.29, 0.717) is 5.56 Å². The van der Waals surface area contributed by atoms with Crippen molar-refractivity contribution in [2.45, 2.75) is 29.7 Å². The minimum Gasteiger partial charge on any atom is -0.324 e. The minimum absolute atomic E-state index is 0.233. The van der Waals surface area contributed by atoms with Crippen molar-refractivity contribution in [3.8, 4) is 0 Å². The van der Waals surface area contributed by atoms with Gasteiger partial charge in [0, 0.05) is 21.4 Å². The van der Waals surface area contributed by atoms with Crippen LogP contribution in [0.25, 0.3) is 0 Å². The Hall–Kier alpha value is -1.32. The lowest BCUT2D eigenvalue weighted by atomic mass is 10.1. The molecular weight excluding hydrogens is 245 g/mol. The van der Waals surface area contributed by atoms with Gasteiger partial charge in [0.05, 0.1) is 0 Å². The normalized spacial score (nSPS) is 12.4. The average Bonchev–Trinajstić information content (AvgIpc) is 2.31. The van der Waals surface area contributed by atoms with Crippen LogP contribution in [0.3, 0.4) is 0 Å². The maximum absolute atomic E-state index is 13.8. The van der Waals surface area contributed by atoms with Crippen molar-refractivity contribution in [2.24, 2.45) is 5.73 Å². The van der Waals surface area contributed by atoms with E-state index in [4.69, 9.17) is 5.73 Å². The molecule has 1 nitrogen and oxygen atoms in total. The third-order valence-electron chi connectivity index (χ3n) is 2.78. The summed E-state index contributed by atoms with van der Waals surface area (Å²) < 4.78 is 13.8. The van der Waals surface area contributed by atoms with Crippen molar-refractivity contribution < 1.29 is 4.39 Å². The highest BCUT2D eigenvalue weighted by Gasteiger charge is 2.13. The molecule has 0 saturated heterocycles. The molecule has 18 heavy (non-hydrogen) atoms. The zero-order valence-corrected chi connectivity index (χ0v) is 11.3. The first-order chi connectivity index (χ1) is 8.59. The first kappa shape index (κ1) is 13.1. The Morgan fingerprint density at radius 3 is 2.39 bits per heavy atom. The van der Waals surface area contributed by atoms with Gasteiger partial charge in [-0.1, -0.05) is 36.0 Å². The number of rotatable bonds is 3. The first-order valence-electron chi connectivity index (χ1n) is 5.87. The van der Waals surface area contributed by atoms with E-state index in [1.165, 1.54) is 11.6 Å². The maximum atomic E-state index is 13.8. The number of aryl methyl sites for hydroxylation is 1. The van der Waals surface area contributed by atoms with Crippen LogP contribution in [0.4, 0.5) is 4.39 Å². The van der Waals surface area contributed by atoms with E-state index in [-0.39, 0.29) is 11.9 Å². The van der Waals surface area contributed by atoms with Gasteiger partial charge in [0.2, 0.25) is 0 Å². The van der Waals surface area contributed by atoms with E-state index in [0.717, 1.165) is 9.79 Å². The molecule has 0 aliphatic heterocycles. The second-order valence-electron chi connectivity index (χ2n) is 4.31. The highest BCUT2D eigenvalue weighted by Crippen LogP contribution is 2.35. The van der Waals surface area contributed by atoms with Crippen molar-refractivity contribution in [2.75, 3.05) is 0 Å². The summed E-state index contributed by atoms with van der Waals surface area (Å²) in [6, 6.07) is 12.9. The van der Waals surface area contributed by atoms with Gasteiger partial charge in [0.15, 0.2) is 0 Å². The molecule has 0 radical (unpaired) electrons. The van der Waals surface area contributed by atoms with Crippen LogP contribution in [-0.4, -0.2) is 0 Å². The zero-order chi connectivity index (χ0) is 13.1. The molecule has 0 aromatic heterocycles. The number of nitrogens with two attached hydrogens (primary N) is 1. The number of benzene rings is 2. The molecule has 0 bridgehead atoms. The van der Waals surface area contributed by atoms with Gasteiger partial charge in [-0.05, 0) is 37.6 Å². The van der Waals surface area contributed by atoms with E-state index in [9.17, 15) is 4.39 Å². The van der Waals surface area contributed by atoms with Crippen molar-refractivity contribution in [1.29, 1.82) is 0 Å². The van der Waals surface area contributed by atoms with Crippen molar-refractivity contribution >= 4 is 11.8 Å². The molecule has 2 aromatic carbocycles. The summed E-state index contributed by atoms with van der Waals surface area (Å²) in [7, 11) is 0. The van der Waals surface area contributed by atoms with E-state index in [1.54, 1.807) is 24.8 Å². The molecule has 0 saturated carbocycles. The van der Waals surface area contributed by atoms with Gasteiger partial charge in [0.25, 0.3) is 0 Å². The minimum atomic E-state index is -0.308. The Balaban J connectivity index is 2.41. The van der Waals surface area contributed by atoms with Gasteiger partial charge in [-0.3, -0.25) is 0 Å². The molecule has 0 fully saturated rings. The second kappa shape index (κ2) is 5.55. The summed E-state index contributed by atoms with van der Waals surface area (Å²) in [4.78, 5) is 2.02. The summed E-state index contributed by atoms with van der Waals surface area (Å²) in [6.07, 6.45) is 0. The Kier molecular flexibility index (Phi) is 4.04. The second-order valence-corrected chi connectivity index (χ2v) is 5.39. The third-order valence-corrected chi connectivity index (χ3v) is 4.04. The average molecular weight is 261 g/mol. The fourth-order valence-corrected chi connectivity index (χ4v) is 2.99. The molecule has 94 valence electrons. The first-order valence-corrected chi connectivity index (χ1v) is 6.68. The fraction of sp³-hybridized carbons (Fsp3) is 0.200. The highest BCUT2D eigenvalue weighted by molar-refractivity contribution is 7.99. The van der Waals surface area contributed by atoms with E-state index >= 15 is 0 Å². The largest absolute Gasteiger partial charge is 0.324 e. The molecule has 0 aliphatic carbocycles. The van der Waals surface area contributed by atoms with Gasteiger partial charge in [0.1, 0.15) is 5.82 Å². The lowest BCUT2D eigenvalue weighted by molar-refractivity contribution is 0.585.